The van der Waals surface area contributed by atoms with E-state index in [0.29, 0.717) is 10.8 Å². The Kier molecular flexibility index (Phi) is 3.15. The van der Waals surface area contributed by atoms with Crippen molar-refractivity contribution >= 4 is 23.0 Å². The van der Waals surface area contributed by atoms with Crippen molar-refractivity contribution < 1.29 is 0 Å². The molecule has 0 bridgehead atoms. The average Bonchev–Trinajstić information content (AvgIpc) is 2.18. The van der Waals surface area contributed by atoms with Crippen molar-refractivity contribution in [3.63, 3.8) is 0 Å². The zero-order valence-corrected chi connectivity index (χ0v) is 11.0. The lowest BCUT2D eigenvalue weighted by atomic mass is 9.74. The highest BCUT2D eigenvalue weighted by Crippen LogP contribution is 2.40. The van der Waals surface area contributed by atoms with Crippen LogP contribution in [0.4, 0.5) is 5.82 Å². The van der Waals surface area contributed by atoms with Crippen molar-refractivity contribution in [3.8, 4) is 0 Å². The summed E-state index contributed by atoms with van der Waals surface area (Å²) in [7, 11) is 0. The monoisotopic (exact) mass is 251 g/mol. The number of aromatic nitrogens is 1. The van der Waals surface area contributed by atoms with Gasteiger partial charge in [0, 0.05) is 17.8 Å². The van der Waals surface area contributed by atoms with Crippen LogP contribution >= 0.6 is 11.6 Å². The van der Waals surface area contributed by atoms with E-state index >= 15 is 0 Å². The first kappa shape index (κ1) is 12.4. The summed E-state index contributed by atoms with van der Waals surface area (Å²) in [4.78, 5) is 4.09. The van der Waals surface area contributed by atoms with Crippen molar-refractivity contribution in [3.05, 3.63) is 28.9 Å². The fourth-order valence-electron chi connectivity index (χ4n) is 2.49. The Hall–Kier alpha value is -1.06. The first-order valence-electron chi connectivity index (χ1n) is 5.75. The van der Waals surface area contributed by atoms with Crippen LogP contribution in [0.5, 0.6) is 0 Å². The zero-order chi connectivity index (χ0) is 12.6. The van der Waals surface area contributed by atoms with E-state index in [2.05, 4.69) is 24.9 Å². The third kappa shape index (κ3) is 2.79. The number of rotatable bonds is 1. The van der Waals surface area contributed by atoms with Crippen LogP contribution in [-0.4, -0.2) is 11.0 Å². The molecule has 2 rings (SSSR count). The Morgan fingerprint density at radius 3 is 2.82 bits per heavy atom. The number of hydrogen-bond donors (Lipinski definition) is 2. The molecule has 0 amide bonds. The first-order chi connectivity index (χ1) is 7.87. The lowest BCUT2D eigenvalue weighted by molar-refractivity contribution is 0.319. The summed E-state index contributed by atoms with van der Waals surface area (Å²) in [6.07, 6.45) is 5.58. The van der Waals surface area contributed by atoms with Crippen LogP contribution in [0.1, 0.15) is 32.3 Å². The van der Waals surface area contributed by atoms with E-state index in [9.17, 15) is 0 Å². The maximum atomic E-state index is 6.06. The molecule has 0 spiro atoms. The maximum Gasteiger partial charge on any atom is 0.130 e. The molecule has 1 atom stereocenters. The number of anilines is 1. The topological polar surface area (TPSA) is 64.9 Å². The van der Waals surface area contributed by atoms with E-state index in [-0.39, 0.29) is 11.5 Å². The average molecular weight is 252 g/mol. The Bertz CT molecular complexity index is 466. The van der Waals surface area contributed by atoms with Gasteiger partial charge in [-0.1, -0.05) is 31.5 Å². The van der Waals surface area contributed by atoms with Gasteiger partial charge in [-0.25, -0.2) is 4.98 Å². The van der Waals surface area contributed by atoms with Gasteiger partial charge >= 0.3 is 0 Å². The fourth-order valence-corrected chi connectivity index (χ4v) is 2.65. The smallest absolute Gasteiger partial charge is 0.130 e. The predicted octanol–water partition coefficient (Wildman–Crippen LogP) is 2.85. The highest BCUT2D eigenvalue weighted by Gasteiger charge is 2.28. The van der Waals surface area contributed by atoms with E-state index < -0.39 is 0 Å². The van der Waals surface area contributed by atoms with Gasteiger partial charge in [-0.15, -0.1) is 0 Å². The standard InChI is InChI=1S/C13H18ClN3/c1-13(2)5-8(3-10(15)6-13)11-4-9(14)7-17-12(11)16/h3-4,7,10H,5-6,15H2,1-2H3,(H2,16,17). The predicted molar refractivity (Wildman–Crippen MR) is 72.6 cm³/mol. The maximum absolute atomic E-state index is 6.06. The minimum Gasteiger partial charge on any atom is -0.383 e. The van der Waals surface area contributed by atoms with Gasteiger partial charge in [0.25, 0.3) is 0 Å². The molecule has 1 unspecified atom stereocenters. The molecule has 1 heterocycles. The summed E-state index contributed by atoms with van der Waals surface area (Å²) >= 11 is 5.97. The van der Waals surface area contributed by atoms with Crippen molar-refractivity contribution in [2.75, 3.05) is 5.73 Å². The number of nitrogens with two attached hydrogens (primary N) is 2. The molecule has 4 heteroatoms. The quantitative estimate of drug-likeness (QED) is 0.807. The highest BCUT2D eigenvalue weighted by atomic mass is 35.5. The second kappa shape index (κ2) is 4.31. The van der Waals surface area contributed by atoms with Gasteiger partial charge in [0.15, 0.2) is 0 Å². The number of nitrogen functional groups attached to an aromatic ring is 1. The van der Waals surface area contributed by atoms with Crippen LogP contribution in [0.2, 0.25) is 5.02 Å². The van der Waals surface area contributed by atoms with E-state index in [0.717, 1.165) is 24.0 Å². The third-order valence-electron chi connectivity index (χ3n) is 3.10. The summed E-state index contributed by atoms with van der Waals surface area (Å²) in [6.45, 7) is 4.43. The zero-order valence-electron chi connectivity index (χ0n) is 10.2. The molecule has 1 aromatic heterocycles. The number of allylic oxidation sites excluding steroid dienone is 1. The number of halogens is 1. The molecule has 3 nitrogen and oxygen atoms in total. The van der Waals surface area contributed by atoms with Crippen LogP contribution in [0, 0.1) is 5.41 Å². The SMILES string of the molecule is CC1(C)CC(c2cc(Cl)cnc2N)=CC(N)C1. The summed E-state index contributed by atoms with van der Waals surface area (Å²) < 4.78 is 0. The van der Waals surface area contributed by atoms with Crippen LogP contribution in [0.3, 0.4) is 0 Å². The number of nitrogens with zero attached hydrogens (tertiary/aromatic N) is 1. The second-order valence-electron chi connectivity index (χ2n) is 5.49. The molecule has 0 radical (unpaired) electrons. The molecule has 0 aliphatic heterocycles. The Morgan fingerprint density at radius 1 is 1.47 bits per heavy atom. The molecule has 0 saturated carbocycles. The highest BCUT2D eigenvalue weighted by molar-refractivity contribution is 6.30. The number of hydrogen-bond acceptors (Lipinski definition) is 3. The summed E-state index contributed by atoms with van der Waals surface area (Å²) in [5.41, 5.74) is 14.2. The molecule has 0 aromatic carbocycles. The molecule has 1 aliphatic rings. The Morgan fingerprint density at radius 2 is 2.18 bits per heavy atom. The lowest BCUT2D eigenvalue weighted by Gasteiger charge is -2.33. The summed E-state index contributed by atoms with van der Waals surface area (Å²) in [5, 5.41) is 0.604. The van der Waals surface area contributed by atoms with Gasteiger partial charge in [0.05, 0.1) is 5.02 Å². The van der Waals surface area contributed by atoms with Gasteiger partial charge in [0.1, 0.15) is 5.82 Å². The van der Waals surface area contributed by atoms with Crippen molar-refractivity contribution in [1.29, 1.82) is 0 Å². The molecule has 1 aliphatic carbocycles. The molecule has 0 fully saturated rings. The Balaban J connectivity index is 2.43. The van der Waals surface area contributed by atoms with Crippen LogP contribution in [0.25, 0.3) is 5.57 Å². The minimum absolute atomic E-state index is 0.0760. The molecule has 0 saturated heterocycles. The van der Waals surface area contributed by atoms with Crippen LogP contribution < -0.4 is 11.5 Å². The van der Waals surface area contributed by atoms with Gasteiger partial charge < -0.3 is 11.5 Å². The molecule has 92 valence electrons. The van der Waals surface area contributed by atoms with E-state index in [1.165, 1.54) is 0 Å². The summed E-state index contributed by atoms with van der Waals surface area (Å²) in [6, 6.07) is 1.94. The van der Waals surface area contributed by atoms with Crippen molar-refractivity contribution in [2.45, 2.75) is 32.7 Å². The van der Waals surface area contributed by atoms with E-state index in [1.54, 1.807) is 6.20 Å². The van der Waals surface area contributed by atoms with E-state index in [4.69, 9.17) is 23.1 Å². The normalized spacial score (nSPS) is 23.3. The van der Waals surface area contributed by atoms with Crippen LogP contribution in [0.15, 0.2) is 18.3 Å². The van der Waals surface area contributed by atoms with Gasteiger partial charge in [-0.2, -0.15) is 0 Å². The van der Waals surface area contributed by atoms with Gasteiger partial charge in [0.2, 0.25) is 0 Å². The molecule has 4 N–H and O–H groups in total. The first-order valence-corrected chi connectivity index (χ1v) is 6.13. The van der Waals surface area contributed by atoms with Gasteiger partial charge in [-0.3, -0.25) is 0 Å². The van der Waals surface area contributed by atoms with Crippen molar-refractivity contribution in [2.24, 2.45) is 11.1 Å². The lowest BCUT2D eigenvalue weighted by Crippen LogP contribution is -2.30. The van der Waals surface area contributed by atoms with Crippen molar-refractivity contribution in [1.82, 2.24) is 4.98 Å². The fraction of sp³-hybridized carbons (Fsp3) is 0.462. The van der Waals surface area contributed by atoms with E-state index in [1.807, 2.05) is 6.07 Å². The molecule has 1 aromatic rings. The molecular weight excluding hydrogens is 234 g/mol. The van der Waals surface area contributed by atoms with Gasteiger partial charge in [-0.05, 0) is 29.9 Å². The molecule has 17 heavy (non-hydrogen) atoms. The largest absolute Gasteiger partial charge is 0.383 e. The molecular formula is C13H18ClN3. The second-order valence-corrected chi connectivity index (χ2v) is 5.92. The number of pyridine rings is 1. The Labute approximate surface area is 107 Å². The summed E-state index contributed by atoms with van der Waals surface area (Å²) in [5.74, 6) is 0.519. The minimum atomic E-state index is 0.0760. The van der Waals surface area contributed by atoms with Crippen LogP contribution in [-0.2, 0) is 0 Å². The third-order valence-corrected chi connectivity index (χ3v) is 3.31.